The van der Waals surface area contributed by atoms with Crippen LogP contribution < -0.4 is 0 Å². The average molecular weight is 240 g/mol. The van der Waals surface area contributed by atoms with Crippen LogP contribution in [0.1, 0.15) is 28.5 Å². The first kappa shape index (κ1) is 10.8. The SMILES string of the molecule is C=C(C)c1cc2c(s1)-c1ccc(C)cc1CC2. The second-order valence-electron chi connectivity index (χ2n) is 4.91. The quantitative estimate of drug-likeness (QED) is 0.668. The van der Waals surface area contributed by atoms with E-state index in [4.69, 9.17) is 0 Å². The minimum atomic E-state index is 1.18. The molecule has 0 bridgehead atoms. The number of fused-ring (bicyclic) bond motifs is 3. The third-order valence-electron chi connectivity index (χ3n) is 3.40. The molecule has 0 N–H and O–H groups in total. The predicted molar refractivity (Wildman–Crippen MR) is 76.6 cm³/mol. The maximum atomic E-state index is 4.05. The molecule has 1 aromatic carbocycles. The lowest BCUT2D eigenvalue weighted by atomic mass is 9.90. The highest BCUT2D eigenvalue weighted by Crippen LogP contribution is 2.41. The number of thiophene rings is 1. The van der Waals surface area contributed by atoms with Gasteiger partial charge in [-0.25, -0.2) is 0 Å². The molecule has 0 saturated heterocycles. The van der Waals surface area contributed by atoms with Crippen LogP contribution in [0.25, 0.3) is 16.0 Å². The zero-order valence-corrected chi connectivity index (χ0v) is 11.2. The molecular formula is C16H16S. The molecule has 0 aliphatic heterocycles. The van der Waals surface area contributed by atoms with Gasteiger partial charge in [-0.05, 0) is 55.0 Å². The predicted octanol–water partition coefficient (Wildman–Crippen LogP) is 4.86. The normalized spacial score (nSPS) is 13.1. The van der Waals surface area contributed by atoms with E-state index in [2.05, 4.69) is 44.7 Å². The van der Waals surface area contributed by atoms with E-state index < -0.39 is 0 Å². The molecule has 0 unspecified atom stereocenters. The van der Waals surface area contributed by atoms with Crippen LogP contribution in [0.4, 0.5) is 0 Å². The van der Waals surface area contributed by atoms with Crippen molar-refractivity contribution < 1.29 is 0 Å². The van der Waals surface area contributed by atoms with E-state index in [9.17, 15) is 0 Å². The van der Waals surface area contributed by atoms with Crippen molar-refractivity contribution in [3.8, 4) is 10.4 Å². The van der Waals surface area contributed by atoms with Gasteiger partial charge in [0.1, 0.15) is 0 Å². The number of benzene rings is 1. The van der Waals surface area contributed by atoms with Crippen LogP contribution in [0.3, 0.4) is 0 Å². The summed E-state index contributed by atoms with van der Waals surface area (Å²) in [7, 11) is 0. The molecule has 17 heavy (non-hydrogen) atoms. The topological polar surface area (TPSA) is 0 Å². The minimum Gasteiger partial charge on any atom is -0.135 e. The minimum absolute atomic E-state index is 1.18. The van der Waals surface area contributed by atoms with Crippen LogP contribution >= 0.6 is 11.3 Å². The van der Waals surface area contributed by atoms with Crippen LogP contribution in [0, 0.1) is 6.92 Å². The number of aryl methyl sites for hydroxylation is 3. The van der Waals surface area contributed by atoms with Crippen molar-refractivity contribution in [3.63, 3.8) is 0 Å². The lowest BCUT2D eigenvalue weighted by Gasteiger charge is -2.16. The highest BCUT2D eigenvalue weighted by Gasteiger charge is 2.19. The first-order chi connectivity index (χ1) is 8.15. The first-order valence-electron chi connectivity index (χ1n) is 6.03. The third kappa shape index (κ3) is 1.75. The van der Waals surface area contributed by atoms with E-state index in [1.807, 2.05) is 11.3 Å². The highest BCUT2D eigenvalue weighted by molar-refractivity contribution is 7.16. The monoisotopic (exact) mass is 240 g/mol. The Kier molecular flexibility index (Phi) is 2.44. The van der Waals surface area contributed by atoms with Gasteiger partial charge in [0.2, 0.25) is 0 Å². The Morgan fingerprint density at radius 1 is 1.18 bits per heavy atom. The molecule has 0 atom stereocenters. The summed E-state index contributed by atoms with van der Waals surface area (Å²) >= 11 is 1.89. The summed E-state index contributed by atoms with van der Waals surface area (Å²) < 4.78 is 0. The Balaban J connectivity index is 2.19. The van der Waals surface area contributed by atoms with Gasteiger partial charge in [-0.15, -0.1) is 11.3 Å². The van der Waals surface area contributed by atoms with E-state index in [0.717, 1.165) is 0 Å². The fourth-order valence-corrected chi connectivity index (χ4v) is 3.67. The Hall–Kier alpha value is -1.34. The standard InChI is InChI=1S/C16H16S/c1-10(2)15-9-13-6-5-12-8-11(3)4-7-14(12)16(13)17-15/h4,7-9H,1,5-6H2,2-3H3. The van der Waals surface area contributed by atoms with Gasteiger partial charge in [0.05, 0.1) is 0 Å². The van der Waals surface area contributed by atoms with Gasteiger partial charge < -0.3 is 0 Å². The Labute approximate surface area is 107 Å². The molecule has 0 fully saturated rings. The van der Waals surface area contributed by atoms with Crippen molar-refractivity contribution in [2.75, 3.05) is 0 Å². The summed E-state index contributed by atoms with van der Waals surface area (Å²) in [5.41, 5.74) is 6.99. The van der Waals surface area contributed by atoms with Crippen LogP contribution in [0.15, 0.2) is 30.8 Å². The van der Waals surface area contributed by atoms with Gasteiger partial charge in [-0.1, -0.05) is 30.3 Å². The summed E-state index contributed by atoms with van der Waals surface area (Å²) in [6, 6.07) is 9.15. The maximum Gasteiger partial charge on any atom is 0.0384 e. The second kappa shape index (κ2) is 3.85. The number of rotatable bonds is 1. The molecule has 2 aromatic rings. The molecule has 0 saturated carbocycles. The molecule has 1 aromatic heterocycles. The summed E-state index contributed by atoms with van der Waals surface area (Å²) in [6.07, 6.45) is 2.35. The molecular weight excluding hydrogens is 224 g/mol. The zero-order chi connectivity index (χ0) is 12.0. The Morgan fingerprint density at radius 3 is 2.71 bits per heavy atom. The largest absolute Gasteiger partial charge is 0.135 e. The van der Waals surface area contributed by atoms with Gasteiger partial charge in [0, 0.05) is 9.75 Å². The van der Waals surface area contributed by atoms with Gasteiger partial charge in [-0.2, -0.15) is 0 Å². The molecule has 0 amide bonds. The zero-order valence-electron chi connectivity index (χ0n) is 10.3. The first-order valence-corrected chi connectivity index (χ1v) is 6.85. The number of allylic oxidation sites excluding steroid dienone is 1. The lowest BCUT2D eigenvalue weighted by molar-refractivity contribution is 0.947. The van der Waals surface area contributed by atoms with Crippen LogP contribution in [0.2, 0.25) is 0 Å². The van der Waals surface area contributed by atoms with Crippen molar-refractivity contribution in [1.29, 1.82) is 0 Å². The van der Waals surface area contributed by atoms with E-state index in [1.54, 1.807) is 0 Å². The van der Waals surface area contributed by atoms with Crippen molar-refractivity contribution in [1.82, 2.24) is 0 Å². The van der Waals surface area contributed by atoms with Gasteiger partial charge in [-0.3, -0.25) is 0 Å². The van der Waals surface area contributed by atoms with Gasteiger partial charge in [0.15, 0.2) is 0 Å². The van der Waals surface area contributed by atoms with Crippen molar-refractivity contribution >= 4 is 16.9 Å². The summed E-state index contributed by atoms with van der Waals surface area (Å²) in [6.45, 7) is 8.31. The highest BCUT2D eigenvalue weighted by atomic mass is 32.1. The van der Waals surface area contributed by atoms with Gasteiger partial charge >= 0.3 is 0 Å². The maximum absolute atomic E-state index is 4.05. The Bertz CT molecular complexity index is 602. The summed E-state index contributed by atoms with van der Waals surface area (Å²) in [4.78, 5) is 2.80. The van der Waals surface area contributed by atoms with E-state index in [0.29, 0.717) is 0 Å². The molecule has 0 radical (unpaired) electrons. The van der Waals surface area contributed by atoms with Crippen LogP contribution in [-0.4, -0.2) is 0 Å². The molecule has 1 heteroatoms. The fraction of sp³-hybridized carbons (Fsp3) is 0.250. The van der Waals surface area contributed by atoms with Crippen molar-refractivity contribution in [2.24, 2.45) is 0 Å². The molecule has 3 rings (SSSR count). The van der Waals surface area contributed by atoms with Crippen molar-refractivity contribution in [3.05, 3.63) is 52.4 Å². The molecule has 1 aliphatic rings. The molecule has 0 nitrogen and oxygen atoms in total. The third-order valence-corrected chi connectivity index (χ3v) is 4.77. The number of hydrogen-bond donors (Lipinski definition) is 0. The molecule has 1 aliphatic carbocycles. The molecule has 86 valence electrons. The van der Waals surface area contributed by atoms with E-state index in [-0.39, 0.29) is 0 Å². The second-order valence-corrected chi connectivity index (χ2v) is 5.96. The molecule has 1 heterocycles. The fourth-order valence-electron chi connectivity index (χ4n) is 2.47. The van der Waals surface area contributed by atoms with E-state index in [1.165, 1.54) is 50.4 Å². The van der Waals surface area contributed by atoms with Crippen LogP contribution in [0.5, 0.6) is 0 Å². The Morgan fingerprint density at radius 2 is 1.94 bits per heavy atom. The molecule has 0 spiro atoms. The van der Waals surface area contributed by atoms with Crippen molar-refractivity contribution in [2.45, 2.75) is 26.7 Å². The summed E-state index contributed by atoms with van der Waals surface area (Å²) in [5, 5.41) is 0. The lowest BCUT2D eigenvalue weighted by Crippen LogP contribution is -2.01. The smallest absolute Gasteiger partial charge is 0.0384 e. The summed E-state index contributed by atoms with van der Waals surface area (Å²) in [5.74, 6) is 0. The van der Waals surface area contributed by atoms with E-state index >= 15 is 0 Å². The van der Waals surface area contributed by atoms with Gasteiger partial charge in [0.25, 0.3) is 0 Å². The van der Waals surface area contributed by atoms with Crippen LogP contribution in [-0.2, 0) is 12.8 Å². The average Bonchev–Trinajstić information content (AvgIpc) is 2.72. The number of hydrogen-bond acceptors (Lipinski definition) is 1.